The predicted molar refractivity (Wildman–Crippen MR) is 38.2 cm³/mol. The monoisotopic (exact) mass is 141 g/mol. The topological polar surface area (TPSA) is 40.1 Å². The van der Waals surface area contributed by atoms with Gasteiger partial charge in [-0.05, 0) is 12.8 Å². The summed E-state index contributed by atoms with van der Waals surface area (Å²) in [7, 11) is 0. The molecule has 0 N–H and O–H groups in total. The maximum atomic E-state index is 10.3. The van der Waals surface area contributed by atoms with E-state index in [0.29, 0.717) is 12.8 Å². The van der Waals surface area contributed by atoms with Crippen molar-refractivity contribution in [2.45, 2.75) is 26.2 Å². The van der Waals surface area contributed by atoms with Crippen LogP contribution in [0.5, 0.6) is 0 Å². The molecule has 0 saturated carbocycles. The summed E-state index contributed by atoms with van der Waals surface area (Å²) in [5, 5.41) is 10.3. The number of carbonyl (C=O) groups is 1. The highest BCUT2D eigenvalue weighted by Crippen LogP contribution is 2.09. The summed E-state index contributed by atoms with van der Waals surface area (Å²) < 4.78 is 0. The SMILES string of the molecule is C=CCC(CCC)C(=O)[O-]. The van der Waals surface area contributed by atoms with Crippen LogP contribution in [0.3, 0.4) is 0 Å². The van der Waals surface area contributed by atoms with Gasteiger partial charge in [0.05, 0.1) is 0 Å². The lowest BCUT2D eigenvalue weighted by atomic mass is 10.0. The zero-order chi connectivity index (χ0) is 7.98. The Morgan fingerprint density at radius 3 is 2.70 bits per heavy atom. The quantitative estimate of drug-likeness (QED) is 0.529. The van der Waals surface area contributed by atoms with E-state index in [1.165, 1.54) is 0 Å². The fourth-order valence-corrected chi connectivity index (χ4v) is 0.882. The van der Waals surface area contributed by atoms with Gasteiger partial charge in [-0.2, -0.15) is 0 Å². The lowest BCUT2D eigenvalue weighted by Gasteiger charge is -2.13. The Kier molecular flexibility index (Phi) is 4.63. The Morgan fingerprint density at radius 2 is 2.40 bits per heavy atom. The lowest BCUT2D eigenvalue weighted by Crippen LogP contribution is -2.30. The number of hydrogen-bond donors (Lipinski definition) is 0. The first-order chi connectivity index (χ1) is 4.72. The number of carbonyl (C=O) groups excluding carboxylic acids is 1. The number of hydrogen-bond acceptors (Lipinski definition) is 2. The van der Waals surface area contributed by atoms with Crippen molar-refractivity contribution in [3.05, 3.63) is 12.7 Å². The molecule has 0 aromatic carbocycles. The Balaban J connectivity index is 3.71. The van der Waals surface area contributed by atoms with Crippen LogP contribution >= 0.6 is 0 Å². The van der Waals surface area contributed by atoms with Crippen molar-refractivity contribution in [3.63, 3.8) is 0 Å². The maximum absolute atomic E-state index is 10.3. The first kappa shape index (κ1) is 9.21. The molecule has 0 spiro atoms. The summed E-state index contributed by atoms with van der Waals surface area (Å²) in [5.74, 6) is -1.29. The van der Waals surface area contributed by atoms with Gasteiger partial charge in [-0.15, -0.1) is 6.58 Å². The minimum Gasteiger partial charge on any atom is -0.550 e. The Bertz CT molecular complexity index is 118. The van der Waals surface area contributed by atoms with Gasteiger partial charge in [-0.3, -0.25) is 0 Å². The van der Waals surface area contributed by atoms with Crippen molar-refractivity contribution in [2.75, 3.05) is 0 Å². The normalized spacial score (nSPS) is 12.5. The molecule has 1 unspecified atom stereocenters. The molecule has 10 heavy (non-hydrogen) atoms. The van der Waals surface area contributed by atoms with E-state index in [2.05, 4.69) is 6.58 Å². The molecule has 0 rings (SSSR count). The molecule has 0 bridgehead atoms. The summed E-state index contributed by atoms with van der Waals surface area (Å²) in [6.07, 6.45) is 3.72. The van der Waals surface area contributed by atoms with E-state index in [9.17, 15) is 9.90 Å². The van der Waals surface area contributed by atoms with Crippen LogP contribution in [-0.2, 0) is 4.79 Å². The molecular formula is C8H13O2-. The second-order valence-electron chi connectivity index (χ2n) is 2.33. The number of rotatable bonds is 5. The minimum atomic E-state index is -0.957. The van der Waals surface area contributed by atoms with Crippen LogP contribution in [0, 0.1) is 5.92 Å². The summed E-state index contributed by atoms with van der Waals surface area (Å²) in [5.41, 5.74) is 0. The van der Waals surface area contributed by atoms with Crippen LogP contribution in [0.4, 0.5) is 0 Å². The lowest BCUT2D eigenvalue weighted by molar-refractivity contribution is -0.311. The van der Waals surface area contributed by atoms with Gasteiger partial charge in [-0.25, -0.2) is 0 Å². The molecule has 58 valence electrons. The van der Waals surface area contributed by atoms with E-state index < -0.39 is 5.97 Å². The van der Waals surface area contributed by atoms with Gasteiger partial charge in [0, 0.05) is 11.9 Å². The van der Waals surface area contributed by atoms with Crippen molar-refractivity contribution in [1.29, 1.82) is 0 Å². The van der Waals surface area contributed by atoms with Gasteiger partial charge in [0.2, 0.25) is 0 Å². The van der Waals surface area contributed by atoms with Crippen LogP contribution in [0.15, 0.2) is 12.7 Å². The fraction of sp³-hybridized carbons (Fsp3) is 0.625. The molecule has 2 heteroatoms. The van der Waals surface area contributed by atoms with E-state index in [4.69, 9.17) is 0 Å². The van der Waals surface area contributed by atoms with Crippen LogP contribution in [0.25, 0.3) is 0 Å². The van der Waals surface area contributed by atoms with Crippen LogP contribution < -0.4 is 5.11 Å². The number of carboxylic acids is 1. The standard InChI is InChI=1S/C8H14O2/c1-3-5-7(6-4-2)8(9)10/h3,7H,1,4-6H2,2H3,(H,9,10)/p-1. The largest absolute Gasteiger partial charge is 0.550 e. The molecule has 0 aliphatic rings. The van der Waals surface area contributed by atoms with E-state index in [1.807, 2.05) is 6.92 Å². The molecule has 0 aliphatic heterocycles. The molecular weight excluding hydrogens is 128 g/mol. The van der Waals surface area contributed by atoms with Crippen LogP contribution in [-0.4, -0.2) is 5.97 Å². The number of aliphatic carboxylic acids is 1. The van der Waals surface area contributed by atoms with Gasteiger partial charge in [0.25, 0.3) is 0 Å². The highest BCUT2D eigenvalue weighted by atomic mass is 16.4. The second-order valence-corrected chi connectivity index (χ2v) is 2.33. The van der Waals surface area contributed by atoms with Crippen LogP contribution in [0.1, 0.15) is 26.2 Å². The molecule has 0 amide bonds. The molecule has 0 aliphatic carbocycles. The molecule has 0 aromatic rings. The van der Waals surface area contributed by atoms with E-state index >= 15 is 0 Å². The number of carboxylic acid groups (broad SMARTS) is 1. The third kappa shape index (κ3) is 3.28. The zero-order valence-electron chi connectivity index (χ0n) is 6.30. The third-order valence-corrected chi connectivity index (χ3v) is 1.42. The predicted octanol–water partition coefficient (Wildman–Crippen LogP) is 0.729. The van der Waals surface area contributed by atoms with Crippen molar-refractivity contribution < 1.29 is 9.90 Å². The zero-order valence-corrected chi connectivity index (χ0v) is 6.30. The van der Waals surface area contributed by atoms with Crippen molar-refractivity contribution >= 4 is 5.97 Å². The highest BCUT2D eigenvalue weighted by Gasteiger charge is 2.04. The van der Waals surface area contributed by atoms with Gasteiger partial charge in [-0.1, -0.05) is 19.4 Å². The summed E-state index contributed by atoms with van der Waals surface area (Å²) in [6, 6.07) is 0. The summed E-state index contributed by atoms with van der Waals surface area (Å²) in [4.78, 5) is 10.3. The summed E-state index contributed by atoms with van der Waals surface area (Å²) >= 11 is 0. The van der Waals surface area contributed by atoms with E-state index in [0.717, 1.165) is 6.42 Å². The molecule has 0 heterocycles. The second kappa shape index (κ2) is 5.03. The fourth-order valence-electron chi connectivity index (χ4n) is 0.882. The summed E-state index contributed by atoms with van der Waals surface area (Å²) in [6.45, 7) is 5.43. The first-order valence-electron chi connectivity index (χ1n) is 3.54. The first-order valence-corrected chi connectivity index (χ1v) is 3.54. The Hall–Kier alpha value is -0.790. The molecule has 0 fully saturated rings. The minimum absolute atomic E-state index is 0.331. The average Bonchev–Trinajstić information content (AvgIpc) is 1.87. The van der Waals surface area contributed by atoms with Gasteiger partial charge in [0.15, 0.2) is 0 Å². The molecule has 0 radical (unpaired) electrons. The van der Waals surface area contributed by atoms with Gasteiger partial charge < -0.3 is 9.90 Å². The van der Waals surface area contributed by atoms with E-state index in [1.54, 1.807) is 6.08 Å². The average molecular weight is 141 g/mol. The number of allylic oxidation sites excluding steroid dienone is 1. The third-order valence-electron chi connectivity index (χ3n) is 1.42. The molecule has 2 nitrogen and oxygen atoms in total. The Labute approximate surface area is 61.6 Å². The van der Waals surface area contributed by atoms with Gasteiger partial charge in [0.1, 0.15) is 0 Å². The van der Waals surface area contributed by atoms with Crippen LogP contribution in [0.2, 0.25) is 0 Å². The molecule has 0 aromatic heterocycles. The van der Waals surface area contributed by atoms with Crippen molar-refractivity contribution in [3.8, 4) is 0 Å². The smallest absolute Gasteiger partial charge is 0.0448 e. The van der Waals surface area contributed by atoms with E-state index in [-0.39, 0.29) is 5.92 Å². The van der Waals surface area contributed by atoms with Crippen molar-refractivity contribution in [1.82, 2.24) is 0 Å². The highest BCUT2D eigenvalue weighted by molar-refractivity contribution is 5.67. The molecule has 0 saturated heterocycles. The van der Waals surface area contributed by atoms with Gasteiger partial charge >= 0.3 is 0 Å². The molecule has 1 atom stereocenters. The Morgan fingerprint density at radius 1 is 1.80 bits per heavy atom. The van der Waals surface area contributed by atoms with Crippen molar-refractivity contribution in [2.24, 2.45) is 5.92 Å². The maximum Gasteiger partial charge on any atom is 0.0448 e.